The van der Waals surface area contributed by atoms with Crippen LogP contribution in [0, 0.1) is 0 Å². The summed E-state index contributed by atoms with van der Waals surface area (Å²) in [7, 11) is 1.48. The van der Waals surface area contributed by atoms with Crippen LogP contribution in [-0.2, 0) is 11.3 Å². The van der Waals surface area contributed by atoms with Crippen molar-refractivity contribution in [3.05, 3.63) is 52.8 Å². The topological polar surface area (TPSA) is 85.7 Å². The molecule has 0 spiro atoms. The number of carbonyl (C=O) groups is 1. The molecule has 0 bridgehead atoms. The molecule has 1 N–H and O–H groups in total. The second kappa shape index (κ2) is 12.3. The number of piperidine rings is 1. The molecule has 8 nitrogen and oxygen atoms in total. The number of benzene rings is 2. The third kappa shape index (κ3) is 7.25. The van der Waals surface area contributed by atoms with E-state index in [1.54, 1.807) is 42.5 Å². The average Bonchev–Trinajstić information content (AvgIpc) is 2.92. The fourth-order valence-electron chi connectivity index (χ4n) is 4.48. The number of aromatic nitrogens is 2. The Balaban J connectivity index is 1.60. The van der Waals surface area contributed by atoms with Crippen LogP contribution in [-0.4, -0.2) is 66.4 Å². The molecule has 0 saturated carbocycles. The Morgan fingerprint density at radius 2 is 1.87 bits per heavy atom. The van der Waals surface area contributed by atoms with Crippen molar-refractivity contribution >= 4 is 16.8 Å². The van der Waals surface area contributed by atoms with E-state index in [1.165, 1.54) is 26.4 Å². The zero-order valence-electron chi connectivity index (χ0n) is 21.2. The lowest BCUT2D eigenvalue weighted by atomic mass is 10.1. The lowest BCUT2D eigenvalue weighted by Gasteiger charge is -2.26. The van der Waals surface area contributed by atoms with Crippen LogP contribution in [0.3, 0.4) is 0 Å². The van der Waals surface area contributed by atoms with Gasteiger partial charge >= 0.3 is 6.18 Å². The second-order valence-corrected chi connectivity index (χ2v) is 9.23. The maximum atomic E-state index is 13.5. The van der Waals surface area contributed by atoms with Crippen LogP contribution >= 0.6 is 0 Å². The third-order valence-corrected chi connectivity index (χ3v) is 6.38. The van der Waals surface area contributed by atoms with E-state index in [2.05, 4.69) is 9.88 Å². The Hall–Kier alpha value is -3.60. The number of methoxy groups -OCH3 is 1. The molecule has 0 aliphatic carbocycles. The van der Waals surface area contributed by atoms with E-state index in [0.717, 1.165) is 30.6 Å². The van der Waals surface area contributed by atoms with Crippen molar-refractivity contribution in [3.63, 3.8) is 0 Å². The number of rotatable bonds is 10. The normalized spacial score (nSPS) is 14.4. The van der Waals surface area contributed by atoms with Crippen LogP contribution < -0.4 is 20.3 Å². The van der Waals surface area contributed by atoms with Gasteiger partial charge in [0.15, 0.2) is 0 Å². The fourth-order valence-corrected chi connectivity index (χ4v) is 4.48. The van der Waals surface area contributed by atoms with E-state index >= 15 is 0 Å². The largest absolute Gasteiger partial charge is 0.497 e. The van der Waals surface area contributed by atoms with Crippen molar-refractivity contribution in [3.8, 4) is 22.9 Å². The SMILES string of the molecule is COc1cccc(-c2nc3ccc(OCCCN4CCCCC4)cc3c(=O)n2CC(=O)NCC(F)(F)F)c1. The van der Waals surface area contributed by atoms with Gasteiger partial charge in [-0.05, 0) is 62.7 Å². The van der Waals surface area contributed by atoms with E-state index in [4.69, 9.17) is 9.47 Å². The van der Waals surface area contributed by atoms with E-state index in [1.807, 2.05) is 5.32 Å². The summed E-state index contributed by atoms with van der Waals surface area (Å²) in [5.41, 5.74) is 0.291. The highest BCUT2D eigenvalue weighted by atomic mass is 19.4. The first kappa shape index (κ1) is 27.4. The average molecular weight is 533 g/mol. The van der Waals surface area contributed by atoms with Crippen molar-refractivity contribution in [2.24, 2.45) is 0 Å². The summed E-state index contributed by atoms with van der Waals surface area (Å²) in [6, 6.07) is 11.7. The van der Waals surface area contributed by atoms with Gasteiger partial charge in [0.1, 0.15) is 30.4 Å². The van der Waals surface area contributed by atoms with Crippen LogP contribution in [0.15, 0.2) is 47.3 Å². The van der Waals surface area contributed by atoms with Gasteiger partial charge in [0.05, 0.1) is 24.6 Å². The van der Waals surface area contributed by atoms with Crippen molar-refractivity contribution in [2.45, 2.75) is 38.4 Å². The zero-order chi connectivity index (χ0) is 27.1. The molecule has 0 unspecified atom stereocenters. The van der Waals surface area contributed by atoms with Gasteiger partial charge < -0.3 is 19.7 Å². The molecule has 4 rings (SSSR count). The molecule has 11 heteroatoms. The number of nitrogens with zero attached hydrogens (tertiary/aromatic N) is 3. The van der Waals surface area contributed by atoms with Crippen molar-refractivity contribution in [2.75, 3.05) is 39.9 Å². The van der Waals surface area contributed by atoms with E-state index in [-0.39, 0.29) is 11.2 Å². The first-order valence-corrected chi connectivity index (χ1v) is 12.6. The predicted octanol–water partition coefficient (Wildman–Crippen LogP) is 4.01. The zero-order valence-corrected chi connectivity index (χ0v) is 21.2. The summed E-state index contributed by atoms with van der Waals surface area (Å²) in [6.45, 7) is 1.50. The molecular weight excluding hydrogens is 501 g/mol. The fraction of sp³-hybridized carbons (Fsp3) is 0.444. The number of hydrogen-bond donors (Lipinski definition) is 1. The van der Waals surface area contributed by atoms with E-state index < -0.39 is 30.7 Å². The standard InChI is InChI=1S/C27H31F3N4O4/c1-37-20-8-5-7-19(15-20)25-32-23-10-9-21(38-14-6-13-33-11-3-2-4-12-33)16-22(23)26(36)34(25)17-24(35)31-18-27(28,29)30/h5,7-10,15-16H,2-4,6,11-14,17-18H2,1H3,(H,31,35). The summed E-state index contributed by atoms with van der Waals surface area (Å²) < 4.78 is 50.1. The van der Waals surface area contributed by atoms with Crippen LogP contribution in [0.4, 0.5) is 13.2 Å². The number of fused-ring (bicyclic) bond motifs is 1. The summed E-state index contributed by atoms with van der Waals surface area (Å²) >= 11 is 0. The first-order valence-electron chi connectivity index (χ1n) is 12.6. The lowest BCUT2D eigenvalue weighted by molar-refractivity contribution is -0.138. The molecule has 3 aromatic rings. The Kier molecular flexibility index (Phi) is 8.88. The van der Waals surface area contributed by atoms with Gasteiger partial charge in [-0.25, -0.2) is 4.98 Å². The van der Waals surface area contributed by atoms with Gasteiger partial charge in [-0.3, -0.25) is 14.2 Å². The Morgan fingerprint density at radius 3 is 2.61 bits per heavy atom. The lowest BCUT2D eigenvalue weighted by Crippen LogP contribution is -2.38. The molecule has 1 aliphatic rings. The molecule has 0 radical (unpaired) electrons. The molecule has 1 fully saturated rings. The molecule has 1 amide bonds. The monoisotopic (exact) mass is 532 g/mol. The quantitative estimate of drug-likeness (QED) is 0.398. The maximum Gasteiger partial charge on any atom is 0.405 e. The number of amides is 1. The smallest absolute Gasteiger partial charge is 0.405 e. The highest BCUT2D eigenvalue weighted by Gasteiger charge is 2.28. The molecular formula is C27H31F3N4O4. The molecule has 2 aromatic carbocycles. The second-order valence-electron chi connectivity index (χ2n) is 9.23. The summed E-state index contributed by atoms with van der Waals surface area (Å²) in [6.07, 6.45) is -0.0143. The van der Waals surface area contributed by atoms with Crippen LogP contribution in [0.5, 0.6) is 11.5 Å². The highest BCUT2D eigenvalue weighted by molar-refractivity contribution is 5.83. The van der Waals surface area contributed by atoms with Crippen molar-refractivity contribution in [1.29, 1.82) is 0 Å². The predicted molar refractivity (Wildman–Crippen MR) is 137 cm³/mol. The van der Waals surface area contributed by atoms with E-state index in [9.17, 15) is 22.8 Å². The minimum absolute atomic E-state index is 0.138. The minimum Gasteiger partial charge on any atom is -0.497 e. The number of hydrogen-bond acceptors (Lipinski definition) is 6. The molecule has 0 atom stereocenters. The Labute approximate surface area is 218 Å². The third-order valence-electron chi connectivity index (χ3n) is 6.38. The number of nitrogens with one attached hydrogen (secondary N) is 1. The Morgan fingerprint density at radius 1 is 1.08 bits per heavy atom. The molecule has 1 aliphatic heterocycles. The minimum atomic E-state index is -4.57. The van der Waals surface area contributed by atoms with Gasteiger partial charge in [0, 0.05) is 12.1 Å². The van der Waals surface area contributed by atoms with Gasteiger partial charge in [-0.2, -0.15) is 13.2 Å². The number of carbonyl (C=O) groups excluding carboxylic acids is 1. The number of likely N-dealkylation sites (tertiary alicyclic amines) is 1. The van der Waals surface area contributed by atoms with Crippen molar-refractivity contribution in [1.82, 2.24) is 19.8 Å². The van der Waals surface area contributed by atoms with Crippen LogP contribution in [0.1, 0.15) is 25.7 Å². The molecule has 38 heavy (non-hydrogen) atoms. The number of halogens is 3. The molecule has 2 heterocycles. The van der Waals surface area contributed by atoms with Crippen LogP contribution in [0.2, 0.25) is 0 Å². The first-order chi connectivity index (χ1) is 18.2. The van der Waals surface area contributed by atoms with Gasteiger partial charge in [-0.15, -0.1) is 0 Å². The van der Waals surface area contributed by atoms with Crippen molar-refractivity contribution < 1.29 is 27.4 Å². The van der Waals surface area contributed by atoms with E-state index in [0.29, 0.717) is 29.2 Å². The number of ether oxygens (including phenoxy) is 2. The summed E-state index contributed by atoms with van der Waals surface area (Å²) in [4.78, 5) is 32.9. The number of alkyl halides is 3. The molecule has 1 saturated heterocycles. The molecule has 1 aromatic heterocycles. The maximum absolute atomic E-state index is 13.5. The Bertz CT molecular complexity index is 1320. The summed E-state index contributed by atoms with van der Waals surface area (Å²) in [5.74, 6) is 0.161. The summed E-state index contributed by atoms with van der Waals surface area (Å²) in [5, 5.41) is 2.02. The van der Waals surface area contributed by atoms with Crippen LogP contribution in [0.25, 0.3) is 22.3 Å². The molecule has 204 valence electrons. The van der Waals surface area contributed by atoms with Gasteiger partial charge in [0.25, 0.3) is 5.56 Å². The van der Waals surface area contributed by atoms with Gasteiger partial charge in [0.2, 0.25) is 5.91 Å². The highest BCUT2D eigenvalue weighted by Crippen LogP contribution is 2.25. The van der Waals surface area contributed by atoms with Gasteiger partial charge in [-0.1, -0.05) is 18.6 Å².